The van der Waals surface area contributed by atoms with Crippen molar-refractivity contribution in [1.82, 2.24) is 9.80 Å². The lowest BCUT2D eigenvalue weighted by Crippen LogP contribution is -2.45. The zero-order chi connectivity index (χ0) is 8.27. The number of carbonyl (C=O) groups excluding carboxylic acids is 1. The summed E-state index contributed by atoms with van der Waals surface area (Å²) in [4.78, 5) is 14.8. The van der Waals surface area contributed by atoms with Gasteiger partial charge in [0, 0.05) is 26.2 Å². The van der Waals surface area contributed by atoms with Gasteiger partial charge in [0.1, 0.15) is 0 Å². The minimum Gasteiger partial charge on any atom is -0.304 e. The molecule has 12 heavy (non-hydrogen) atoms. The Morgan fingerprint density at radius 3 is 2.25 bits per heavy atom. The minimum absolute atomic E-state index is 0. The molecule has 0 radical (unpaired) electrons. The Bertz CT molecular complexity index is 146. The Morgan fingerprint density at radius 1 is 1.33 bits per heavy atom. The van der Waals surface area contributed by atoms with Crippen molar-refractivity contribution >= 4 is 29.3 Å². The van der Waals surface area contributed by atoms with Gasteiger partial charge in [-0.1, -0.05) is 0 Å². The Morgan fingerprint density at radius 2 is 1.83 bits per heavy atom. The third-order valence-corrected chi connectivity index (χ3v) is 2.06. The average Bonchev–Trinajstić information content (AvgIpc) is 1.93. The van der Waals surface area contributed by atoms with Crippen molar-refractivity contribution in [2.45, 2.75) is 0 Å². The number of hydrogen-bond acceptors (Lipinski definition) is 3. The van der Waals surface area contributed by atoms with Gasteiger partial charge in [-0.25, -0.2) is 0 Å². The Hall–Kier alpha value is 0.170. The summed E-state index contributed by atoms with van der Waals surface area (Å²) in [6, 6.07) is 0. The minimum atomic E-state index is -0.255. The molecule has 0 aromatic heterocycles. The molecule has 72 valence electrons. The van der Waals surface area contributed by atoms with Crippen molar-refractivity contribution in [3.63, 3.8) is 0 Å². The van der Waals surface area contributed by atoms with Gasteiger partial charge in [-0.2, -0.15) is 0 Å². The second kappa shape index (κ2) is 5.75. The van der Waals surface area contributed by atoms with Gasteiger partial charge < -0.3 is 4.90 Å². The number of nitrogens with zero attached hydrogens (tertiary/aromatic N) is 2. The van der Waals surface area contributed by atoms with Gasteiger partial charge in [0.2, 0.25) is 5.24 Å². The molecule has 1 aliphatic heterocycles. The molecule has 0 N–H and O–H groups in total. The summed E-state index contributed by atoms with van der Waals surface area (Å²) in [6.45, 7) is 4.37. The van der Waals surface area contributed by atoms with Gasteiger partial charge in [-0.3, -0.25) is 9.69 Å². The molecule has 0 aliphatic carbocycles. The second-order valence-corrected chi connectivity index (χ2v) is 3.36. The molecule has 3 nitrogen and oxygen atoms in total. The molecule has 1 aliphatic rings. The standard InChI is InChI=1S/C7H13ClN2O.ClH/c1-9-2-4-10(5-3-9)6-7(8)11;/h2-6H2,1H3;1H. The van der Waals surface area contributed by atoms with E-state index in [0.29, 0.717) is 6.54 Å². The van der Waals surface area contributed by atoms with Gasteiger partial charge in [0.05, 0.1) is 6.54 Å². The van der Waals surface area contributed by atoms with E-state index in [9.17, 15) is 4.79 Å². The number of carbonyl (C=O) groups is 1. The fraction of sp³-hybridized carbons (Fsp3) is 0.857. The molecule has 1 fully saturated rings. The fourth-order valence-electron chi connectivity index (χ4n) is 1.18. The van der Waals surface area contributed by atoms with Crippen LogP contribution >= 0.6 is 24.0 Å². The Labute approximate surface area is 84.1 Å². The number of likely N-dealkylation sites (N-methyl/N-ethyl adjacent to an activating group) is 1. The molecule has 0 atom stereocenters. The molecule has 0 aromatic carbocycles. The highest BCUT2D eigenvalue weighted by Gasteiger charge is 2.14. The predicted octanol–water partition coefficient (Wildman–Crippen LogP) is 0.421. The molecule has 1 saturated heterocycles. The molecule has 0 spiro atoms. The number of hydrogen-bond donors (Lipinski definition) is 0. The maximum absolute atomic E-state index is 10.5. The van der Waals surface area contributed by atoms with E-state index >= 15 is 0 Å². The van der Waals surface area contributed by atoms with Crippen molar-refractivity contribution < 1.29 is 4.79 Å². The quantitative estimate of drug-likeness (QED) is 0.621. The van der Waals surface area contributed by atoms with Gasteiger partial charge in [0.15, 0.2) is 0 Å². The number of rotatable bonds is 2. The lowest BCUT2D eigenvalue weighted by atomic mass is 10.3. The van der Waals surface area contributed by atoms with Crippen LogP contribution in [0.1, 0.15) is 0 Å². The van der Waals surface area contributed by atoms with Gasteiger partial charge in [0.25, 0.3) is 0 Å². The summed E-state index contributed by atoms with van der Waals surface area (Å²) in [5, 5.41) is -0.255. The zero-order valence-electron chi connectivity index (χ0n) is 7.12. The van der Waals surface area contributed by atoms with Crippen molar-refractivity contribution in [3.05, 3.63) is 0 Å². The molecule has 1 heterocycles. The highest BCUT2D eigenvalue weighted by Crippen LogP contribution is 1.99. The van der Waals surface area contributed by atoms with E-state index in [1.54, 1.807) is 0 Å². The van der Waals surface area contributed by atoms with Crippen molar-refractivity contribution in [1.29, 1.82) is 0 Å². The van der Waals surface area contributed by atoms with E-state index in [0.717, 1.165) is 26.2 Å². The Balaban J connectivity index is 0.00000121. The lowest BCUT2D eigenvalue weighted by Gasteiger charge is -2.31. The zero-order valence-corrected chi connectivity index (χ0v) is 8.70. The van der Waals surface area contributed by atoms with E-state index in [1.165, 1.54) is 0 Å². The monoisotopic (exact) mass is 212 g/mol. The van der Waals surface area contributed by atoms with Crippen molar-refractivity contribution in [3.8, 4) is 0 Å². The van der Waals surface area contributed by atoms with Crippen LogP contribution in [0.15, 0.2) is 0 Å². The molecule has 0 saturated carbocycles. The smallest absolute Gasteiger partial charge is 0.235 e. The van der Waals surface area contributed by atoms with Crippen LogP contribution in [0.5, 0.6) is 0 Å². The fourth-order valence-corrected chi connectivity index (χ4v) is 1.35. The summed E-state index contributed by atoms with van der Waals surface area (Å²) >= 11 is 5.25. The number of piperazine rings is 1. The first-order valence-corrected chi connectivity index (χ1v) is 4.15. The van der Waals surface area contributed by atoms with Crippen LogP contribution in [0.3, 0.4) is 0 Å². The summed E-state index contributed by atoms with van der Waals surface area (Å²) in [6.07, 6.45) is 0. The van der Waals surface area contributed by atoms with E-state index in [2.05, 4.69) is 16.8 Å². The molecule has 1 rings (SSSR count). The van der Waals surface area contributed by atoms with Gasteiger partial charge in [-0.05, 0) is 18.6 Å². The SMILES string of the molecule is CN1CCN(CC(=O)Cl)CC1.Cl. The highest BCUT2D eigenvalue weighted by molar-refractivity contribution is 6.64. The van der Waals surface area contributed by atoms with Gasteiger partial charge >= 0.3 is 0 Å². The summed E-state index contributed by atoms with van der Waals surface area (Å²) in [5.41, 5.74) is 0. The number of halogens is 2. The third kappa shape index (κ3) is 4.26. The largest absolute Gasteiger partial charge is 0.304 e. The third-order valence-electron chi connectivity index (χ3n) is 1.94. The summed E-state index contributed by atoms with van der Waals surface area (Å²) < 4.78 is 0. The molecule has 0 unspecified atom stereocenters. The van der Waals surface area contributed by atoms with Crippen molar-refractivity contribution in [2.24, 2.45) is 0 Å². The van der Waals surface area contributed by atoms with Crippen LogP contribution in [-0.2, 0) is 4.79 Å². The van der Waals surface area contributed by atoms with Crippen LogP contribution in [-0.4, -0.2) is 54.8 Å². The van der Waals surface area contributed by atoms with E-state index in [1.807, 2.05) is 0 Å². The maximum Gasteiger partial charge on any atom is 0.235 e. The van der Waals surface area contributed by atoms with Crippen LogP contribution in [0.25, 0.3) is 0 Å². The predicted molar refractivity (Wildman–Crippen MR) is 52.0 cm³/mol. The van der Waals surface area contributed by atoms with Gasteiger partial charge in [-0.15, -0.1) is 12.4 Å². The van der Waals surface area contributed by atoms with E-state index in [-0.39, 0.29) is 17.6 Å². The summed E-state index contributed by atoms with van der Waals surface area (Å²) in [5.74, 6) is 0. The molecule has 0 bridgehead atoms. The van der Waals surface area contributed by atoms with Crippen LogP contribution in [0.4, 0.5) is 0 Å². The first-order valence-electron chi connectivity index (χ1n) is 3.78. The molecular weight excluding hydrogens is 199 g/mol. The lowest BCUT2D eigenvalue weighted by molar-refractivity contribution is -0.113. The normalized spacial score (nSPS) is 20.2. The van der Waals surface area contributed by atoms with E-state index < -0.39 is 0 Å². The topological polar surface area (TPSA) is 23.6 Å². The highest BCUT2D eigenvalue weighted by atomic mass is 35.5. The molecule has 5 heteroatoms. The summed E-state index contributed by atoms with van der Waals surface area (Å²) in [7, 11) is 2.08. The molecule has 0 aromatic rings. The van der Waals surface area contributed by atoms with Crippen LogP contribution < -0.4 is 0 Å². The van der Waals surface area contributed by atoms with E-state index in [4.69, 9.17) is 11.6 Å². The van der Waals surface area contributed by atoms with Crippen molar-refractivity contribution in [2.75, 3.05) is 39.8 Å². The second-order valence-electron chi connectivity index (χ2n) is 2.93. The average molecular weight is 213 g/mol. The molecule has 0 amide bonds. The first-order chi connectivity index (χ1) is 5.18. The maximum atomic E-state index is 10.5. The van der Waals surface area contributed by atoms with Crippen LogP contribution in [0.2, 0.25) is 0 Å². The Kier molecular flexibility index (Phi) is 5.84. The first kappa shape index (κ1) is 12.2. The van der Waals surface area contributed by atoms with Crippen LogP contribution in [0, 0.1) is 0 Å². The molecular formula is C7H14Cl2N2O.